The van der Waals surface area contributed by atoms with Crippen molar-refractivity contribution in [3.8, 4) is 5.75 Å². The fourth-order valence-corrected chi connectivity index (χ4v) is 2.38. The summed E-state index contributed by atoms with van der Waals surface area (Å²) in [6, 6.07) is 11.7. The smallest absolute Gasteiger partial charge is 0.219 e. The van der Waals surface area contributed by atoms with Gasteiger partial charge in [-0.05, 0) is 24.6 Å². The predicted octanol–water partition coefficient (Wildman–Crippen LogP) is 3.34. The molecule has 21 heavy (non-hydrogen) atoms. The molecule has 0 aliphatic rings. The maximum absolute atomic E-state index is 11.4. The molecule has 1 heterocycles. The second-order valence-electron chi connectivity index (χ2n) is 4.80. The molecule has 2 aromatic rings. The van der Waals surface area contributed by atoms with Gasteiger partial charge < -0.3 is 14.5 Å². The molecule has 0 saturated carbocycles. The van der Waals surface area contributed by atoms with E-state index in [0.717, 1.165) is 23.5 Å². The van der Waals surface area contributed by atoms with Crippen molar-refractivity contribution in [2.75, 3.05) is 13.7 Å². The van der Waals surface area contributed by atoms with Crippen LogP contribution in [0.4, 0.5) is 0 Å². The van der Waals surface area contributed by atoms with E-state index in [-0.39, 0.29) is 11.8 Å². The molecule has 1 amide bonds. The van der Waals surface area contributed by atoms with Crippen LogP contribution in [0.1, 0.15) is 37.0 Å². The molecule has 0 fully saturated rings. The standard InChI is InChI=1S/C17H21NO3/c1-3-17(19)18-11-10-14(16-9-6-12-21-16)13-7-4-5-8-15(13)20-2/h4-9,12,14H,3,10-11H2,1-2H3,(H,18,19)/t14-/m0/s1. The van der Waals surface area contributed by atoms with Crippen LogP contribution in [0, 0.1) is 0 Å². The molecule has 0 saturated heterocycles. The van der Waals surface area contributed by atoms with E-state index in [2.05, 4.69) is 5.32 Å². The van der Waals surface area contributed by atoms with Gasteiger partial charge in [0, 0.05) is 24.4 Å². The second-order valence-corrected chi connectivity index (χ2v) is 4.80. The van der Waals surface area contributed by atoms with Gasteiger partial charge in [0.2, 0.25) is 5.91 Å². The third kappa shape index (κ3) is 3.88. The van der Waals surface area contributed by atoms with E-state index in [4.69, 9.17) is 9.15 Å². The molecule has 4 nitrogen and oxygen atoms in total. The van der Waals surface area contributed by atoms with Crippen LogP contribution in [-0.4, -0.2) is 19.6 Å². The van der Waals surface area contributed by atoms with Crippen molar-refractivity contribution in [3.05, 3.63) is 54.0 Å². The number of rotatable bonds is 7. The normalized spacial score (nSPS) is 11.9. The Kier molecular flexibility index (Phi) is 5.43. The van der Waals surface area contributed by atoms with Crippen molar-refractivity contribution in [1.82, 2.24) is 5.32 Å². The van der Waals surface area contributed by atoms with Gasteiger partial charge in [-0.3, -0.25) is 4.79 Å². The highest BCUT2D eigenvalue weighted by molar-refractivity contribution is 5.75. The van der Waals surface area contributed by atoms with E-state index in [9.17, 15) is 4.79 Å². The minimum absolute atomic E-state index is 0.0632. The average molecular weight is 287 g/mol. The van der Waals surface area contributed by atoms with Crippen LogP contribution in [0.3, 0.4) is 0 Å². The van der Waals surface area contributed by atoms with Gasteiger partial charge in [0.25, 0.3) is 0 Å². The number of methoxy groups -OCH3 is 1. The number of para-hydroxylation sites is 1. The topological polar surface area (TPSA) is 51.5 Å². The molecule has 0 aliphatic heterocycles. The van der Waals surface area contributed by atoms with Crippen LogP contribution in [0.2, 0.25) is 0 Å². The number of benzene rings is 1. The number of hydrogen-bond donors (Lipinski definition) is 1. The Balaban J connectivity index is 2.18. The van der Waals surface area contributed by atoms with Crippen molar-refractivity contribution >= 4 is 5.91 Å². The van der Waals surface area contributed by atoms with E-state index in [1.165, 1.54) is 0 Å². The summed E-state index contributed by atoms with van der Waals surface area (Å²) >= 11 is 0. The molecule has 0 aliphatic carbocycles. The molecule has 0 bridgehead atoms. The molecule has 4 heteroatoms. The summed E-state index contributed by atoms with van der Waals surface area (Å²) in [5, 5.41) is 2.91. The third-order valence-corrected chi connectivity index (χ3v) is 3.48. The number of carbonyl (C=O) groups excluding carboxylic acids is 1. The lowest BCUT2D eigenvalue weighted by molar-refractivity contribution is -0.120. The van der Waals surface area contributed by atoms with Crippen LogP contribution in [0.25, 0.3) is 0 Å². The molecule has 1 aromatic heterocycles. The van der Waals surface area contributed by atoms with E-state index in [1.807, 2.05) is 43.3 Å². The Morgan fingerprint density at radius 2 is 2.10 bits per heavy atom. The highest BCUT2D eigenvalue weighted by Gasteiger charge is 2.20. The number of hydrogen-bond acceptors (Lipinski definition) is 3. The van der Waals surface area contributed by atoms with Crippen molar-refractivity contribution in [1.29, 1.82) is 0 Å². The monoisotopic (exact) mass is 287 g/mol. The Morgan fingerprint density at radius 1 is 1.29 bits per heavy atom. The van der Waals surface area contributed by atoms with E-state index in [0.29, 0.717) is 13.0 Å². The van der Waals surface area contributed by atoms with Gasteiger partial charge in [-0.1, -0.05) is 25.1 Å². The zero-order valence-corrected chi connectivity index (χ0v) is 12.5. The molecule has 112 valence electrons. The first-order chi connectivity index (χ1) is 10.3. The summed E-state index contributed by atoms with van der Waals surface area (Å²) < 4.78 is 11.0. The van der Waals surface area contributed by atoms with Gasteiger partial charge in [0.1, 0.15) is 11.5 Å². The van der Waals surface area contributed by atoms with Crippen LogP contribution in [0.15, 0.2) is 47.1 Å². The molecule has 2 rings (SSSR count). The summed E-state index contributed by atoms with van der Waals surface area (Å²) in [7, 11) is 1.66. The van der Waals surface area contributed by atoms with Crippen molar-refractivity contribution in [2.24, 2.45) is 0 Å². The minimum atomic E-state index is 0.0632. The van der Waals surface area contributed by atoms with Crippen molar-refractivity contribution < 1.29 is 13.9 Å². The van der Waals surface area contributed by atoms with E-state index in [1.54, 1.807) is 13.4 Å². The van der Waals surface area contributed by atoms with Gasteiger partial charge >= 0.3 is 0 Å². The largest absolute Gasteiger partial charge is 0.496 e. The average Bonchev–Trinajstić information content (AvgIpc) is 3.05. The molecule has 0 spiro atoms. The van der Waals surface area contributed by atoms with Crippen LogP contribution < -0.4 is 10.1 Å². The van der Waals surface area contributed by atoms with Gasteiger partial charge in [-0.2, -0.15) is 0 Å². The zero-order chi connectivity index (χ0) is 15.1. The summed E-state index contributed by atoms with van der Waals surface area (Å²) in [4.78, 5) is 11.4. The highest BCUT2D eigenvalue weighted by Crippen LogP contribution is 2.34. The fourth-order valence-electron chi connectivity index (χ4n) is 2.38. The molecule has 1 N–H and O–H groups in total. The third-order valence-electron chi connectivity index (χ3n) is 3.48. The second kappa shape index (κ2) is 7.53. The summed E-state index contributed by atoms with van der Waals surface area (Å²) in [5.41, 5.74) is 1.07. The zero-order valence-electron chi connectivity index (χ0n) is 12.5. The van der Waals surface area contributed by atoms with Crippen molar-refractivity contribution in [3.63, 3.8) is 0 Å². The summed E-state index contributed by atoms with van der Waals surface area (Å²) in [5.74, 6) is 1.84. The van der Waals surface area contributed by atoms with E-state index < -0.39 is 0 Å². The number of furan rings is 1. The fraction of sp³-hybridized carbons (Fsp3) is 0.353. The number of amides is 1. The Labute approximate surface area is 125 Å². The SMILES string of the molecule is CCC(=O)NCC[C@H](c1ccco1)c1ccccc1OC. The van der Waals surface area contributed by atoms with Crippen LogP contribution in [-0.2, 0) is 4.79 Å². The molecule has 0 radical (unpaired) electrons. The molecule has 0 unspecified atom stereocenters. The first kappa shape index (κ1) is 15.2. The van der Waals surface area contributed by atoms with Gasteiger partial charge in [0.15, 0.2) is 0 Å². The predicted molar refractivity (Wildman–Crippen MR) is 81.5 cm³/mol. The number of carbonyl (C=O) groups is 1. The lowest BCUT2D eigenvalue weighted by Gasteiger charge is -2.18. The number of ether oxygens (including phenoxy) is 1. The Bertz CT molecular complexity index is 563. The molecule has 1 atom stereocenters. The van der Waals surface area contributed by atoms with Gasteiger partial charge in [-0.15, -0.1) is 0 Å². The van der Waals surface area contributed by atoms with Crippen molar-refractivity contribution in [2.45, 2.75) is 25.7 Å². The summed E-state index contributed by atoms with van der Waals surface area (Å²) in [6.45, 7) is 2.45. The minimum Gasteiger partial charge on any atom is -0.496 e. The Hall–Kier alpha value is -2.23. The first-order valence-electron chi connectivity index (χ1n) is 7.19. The lowest BCUT2D eigenvalue weighted by Crippen LogP contribution is -2.24. The molecule has 1 aromatic carbocycles. The maximum atomic E-state index is 11.4. The van der Waals surface area contributed by atoms with Crippen LogP contribution in [0.5, 0.6) is 5.75 Å². The quantitative estimate of drug-likeness (QED) is 0.849. The Morgan fingerprint density at radius 3 is 2.76 bits per heavy atom. The van der Waals surface area contributed by atoms with Gasteiger partial charge in [-0.25, -0.2) is 0 Å². The molecular formula is C17H21NO3. The highest BCUT2D eigenvalue weighted by atomic mass is 16.5. The molecular weight excluding hydrogens is 266 g/mol. The van der Waals surface area contributed by atoms with Crippen LogP contribution >= 0.6 is 0 Å². The lowest BCUT2D eigenvalue weighted by atomic mass is 9.92. The number of nitrogens with one attached hydrogen (secondary N) is 1. The maximum Gasteiger partial charge on any atom is 0.219 e. The van der Waals surface area contributed by atoms with E-state index >= 15 is 0 Å². The van der Waals surface area contributed by atoms with Gasteiger partial charge in [0.05, 0.1) is 13.4 Å². The summed E-state index contributed by atoms with van der Waals surface area (Å²) in [6.07, 6.45) is 2.93. The first-order valence-corrected chi connectivity index (χ1v) is 7.19.